The molecule has 0 aliphatic heterocycles. The zero-order chi connectivity index (χ0) is 30.5. The Kier molecular flexibility index (Phi) is 10.7. The van der Waals surface area contributed by atoms with Gasteiger partial charge in [-0.3, -0.25) is 0 Å². The minimum absolute atomic E-state index is 0. The van der Waals surface area contributed by atoms with Crippen LogP contribution in [0.3, 0.4) is 0 Å². The summed E-state index contributed by atoms with van der Waals surface area (Å²) < 4.78 is 32.6. The topological polar surface area (TPSA) is 0 Å². The number of halogens is 4. The second kappa shape index (κ2) is 13.8. The average molecular weight is 717 g/mol. The third-order valence-corrected chi connectivity index (χ3v) is 17.4. The number of rotatable bonds is 6. The molecule has 0 fully saturated rings. The molecule has 45 heavy (non-hydrogen) atoms. The molecule has 6 rings (SSSR count). The molecule has 0 amide bonds. The molecule has 4 aromatic carbocycles. The van der Waals surface area contributed by atoms with E-state index < -0.39 is 21.3 Å². The number of hydrogen-bond donors (Lipinski definition) is 0. The van der Waals surface area contributed by atoms with Crippen molar-refractivity contribution in [3.8, 4) is 11.1 Å². The van der Waals surface area contributed by atoms with Crippen molar-refractivity contribution in [1.82, 2.24) is 0 Å². The second-order valence-electron chi connectivity index (χ2n) is 12.6. The van der Waals surface area contributed by atoms with Gasteiger partial charge in [0.15, 0.2) is 0 Å². The van der Waals surface area contributed by atoms with Crippen molar-refractivity contribution in [3.05, 3.63) is 164 Å². The Labute approximate surface area is 286 Å². The summed E-state index contributed by atoms with van der Waals surface area (Å²) >= 11 is -3.17. The first-order valence-corrected chi connectivity index (χ1v) is 18.7. The van der Waals surface area contributed by atoms with Crippen LogP contribution in [0.1, 0.15) is 64.7 Å². The summed E-state index contributed by atoms with van der Waals surface area (Å²) in [4.78, 5) is 0. The number of hydrogen-bond acceptors (Lipinski definition) is 0. The van der Waals surface area contributed by atoms with Gasteiger partial charge in [0.2, 0.25) is 0 Å². The molecule has 2 aliphatic carbocycles. The Bertz CT molecular complexity index is 1790. The number of fused-ring (bicyclic) bond motifs is 3. The van der Waals surface area contributed by atoms with Crippen LogP contribution in [0, 0.1) is 23.0 Å². The van der Waals surface area contributed by atoms with Gasteiger partial charge < -0.3 is 24.8 Å². The molecule has 0 aromatic heterocycles. The van der Waals surface area contributed by atoms with Crippen molar-refractivity contribution >= 4 is 15.4 Å². The first-order chi connectivity index (χ1) is 20.6. The van der Waals surface area contributed by atoms with E-state index in [1.54, 1.807) is 24.3 Å². The number of allylic oxidation sites excluding steroid dienone is 4. The molecule has 0 bridgehead atoms. The fourth-order valence-electron chi connectivity index (χ4n) is 6.57. The van der Waals surface area contributed by atoms with Gasteiger partial charge in [-0.05, 0) is 0 Å². The summed E-state index contributed by atoms with van der Waals surface area (Å²) in [5.41, 5.74) is 10.2. The molecule has 1 unspecified atom stereocenters. The standard InChI is InChI=1S/C17H13.C13H8F2.C10H15.2ClH.Zr/c1-3-12-5-7-14-11-15-8-6-13(4-2)10-17(15)16(14)9-12;14-12-5-1-3-10(8-12)7-11-4-2-6-13(15)9-11;1-8-5-6-9(7-8)10(2,3)4;;;/h3-11H,1-2H2;1-6,8-9H;6-8H,1-4H3;2*1H;/q;;;;;+2/p-2. The van der Waals surface area contributed by atoms with Gasteiger partial charge in [0.1, 0.15) is 0 Å². The first kappa shape index (κ1) is 34.9. The van der Waals surface area contributed by atoms with Gasteiger partial charge in [-0.1, -0.05) is 0 Å². The van der Waals surface area contributed by atoms with E-state index in [-0.39, 0.29) is 51.4 Å². The molecular formula is C40H36Cl2F2Zr. The molecule has 0 spiro atoms. The molecule has 5 heteroatoms. The summed E-state index contributed by atoms with van der Waals surface area (Å²) in [6, 6.07) is 27.1. The van der Waals surface area contributed by atoms with Crippen LogP contribution in [0.5, 0.6) is 0 Å². The van der Waals surface area contributed by atoms with Crippen molar-refractivity contribution in [2.24, 2.45) is 11.3 Å². The maximum absolute atomic E-state index is 15.0. The summed E-state index contributed by atoms with van der Waals surface area (Å²) in [5, 5.41) is 0. The van der Waals surface area contributed by atoms with Crippen LogP contribution in [0.2, 0.25) is 0 Å². The zero-order valence-corrected chi connectivity index (χ0v) is 29.9. The van der Waals surface area contributed by atoms with E-state index in [1.165, 1.54) is 43.2 Å². The van der Waals surface area contributed by atoms with Crippen LogP contribution < -0.4 is 24.8 Å². The third-order valence-electron chi connectivity index (χ3n) is 8.73. The van der Waals surface area contributed by atoms with Crippen molar-refractivity contribution in [1.29, 1.82) is 0 Å². The van der Waals surface area contributed by atoms with Crippen LogP contribution in [-0.4, -0.2) is 3.21 Å². The molecule has 0 saturated heterocycles. The van der Waals surface area contributed by atoms with E-state index >= 15 is 0 Å². The van der Waals surface area contributed by atoms with E-state index in [0.717, 1.165) is 25.5 Å². The van der Waals surface area contributed by atoms with Crippen molar-refractivity contribution in [2.75, 3.05) is 0 Å². The van der Waals surface area contributed by atoms with Gasteiger partial charge in [-0.15, -0.1) is 0 Å². The molecule has 0 nitrogen and oxygen atoms in total. The molecule has 228 valence electrons. The second-order valence-corrected chi connectivity index (χ2v) is 18.7. The molecule has 1 atom stereocenters. The fourth-order valence-corrected chi connectivity index (χ4v) is 16.0. The van der Waals surface area contributed by atoms with Gasteiger partial charge in [-0.2, -0.15) is 0 Å². The Morgan fingerprint density at radius 3 is 1.62 bits per heavy atom. The van der Waals surface area contributed by atoms with Crippen LogP contribution in [0.15, 0.2) is 119 Å². The van der Waals surface area contributed by atoms with Gasteiger partial charge in [-0.25, -0.2) is 0 Å². The molecule has 0 saturated carbocycles. The molecule has 0 N–H and O–H groups in total. The number of benzene rings is 4. The normalized spacial score (nSPS) is 14.9. The molecular weight excluding hydrogens is 681 g/mol. The minimum atomic E-state index is -3.17. The minimum Gasteiger partial charge on any atom is -1.00 e. The molecule has 0 radical (unpaired) electrons. The Morgan fingerprint density at radius 1 is 0.733 bits per heavy atom. The third kappa shape index (κ3) is 6.64. The van der Waals surface area contributed by atoms with E-state index in [2.05, 4.69) is 89.4 Å². The van der Waals surface area contributed by atoms with E-state index in [1.807, 2.05) is 24.3 Å². The monoisotopic (exact) mass is 714 g/mol. The molecule has 4 aromatic rings. The van der Waals surface area contributed by atoms with E-state index in [4.69, 9.17) is 0 Å². The molecule has 0 heterocycles. The first-order valence-electron chi connectivity index (χ1n) is 14.8. The predicted octanol–water partition coefficient (Wildman–Crippen LogP) is 4.72. The summed E-state index contributed by atoms with van der Waals surface area (Å²) in [5.74, 6) is -0.336. The van der Waals surface area contributed by atoms with Gasteiger partial charge in [0.05, 0.1) is 0 Å². The van der Waals surface area contributed by atoms with Crippen LogP contribution in [0.4, 0.5) is 8.78 Å². The predicted molar refractivity (Wildman–Crippen MR) is 175 cm³/mol. The van der Waals surface area contributed by atoms with Gasteiger partial charge >= 0.3 is 263 Å². The Hall–Kier alpha value is -2.97. The fraction of sp³-hybridized carbons (Fsp3) is 0.175. The largest absolute Gasteiger partial charge is 1.00 e. The Balaban J connectivity index is 0.00000230. The SMILES string of the molecule is C=Cc1ccc2c(c1)-c1cc(C=C)ccc1[CH]2[Zr+2]([C]1=CC(C(C)(C)C)=CC1C)=[C](c1cccc(F)c1)c1cccc(F)c1.[Cl-].[Cl-]. The Morgan fingerprint density at radius 2 is 1.22 bits per heavy atom. The summed E-state index contributed by atoms with van der Waals surface area (Å²) in [6.07, 6.45) is 8.62. The van der Waals surface area contributed by atoms with E-state index in [0.29, 0.717) is 0 Å². The zero-order valence-electron chi connectivity index (χ0n) is 26.0. The maximum atomic E-state index is 15.0. The average Bonchev–Trinajstić information content (AvgIpc) is 3.53. The van der Waals surface area contributed by atoms with Gasteiger partial charge in [0, 0.05) is 0 Å². The van der Waals surface area contributed by atoms with Crippen LogP contribution in [-0.2, 0) is 21.3 Å². The van der Waals surface area contributed by atoms with E-state index in [9.17, 15) is 8.78 Å². The summed E-state index contributed by atoms with van der Waals surface area (Å²) in [6.45, 7) is 17.1. The van der Waals surface area contributed by atoms with Crippen LogP contribution >= 0.6 is 0 Å². The summed E-state index contributed by atoms with van der Waals surface area (Å²) in [7, 11) is 0. The molecule has 2 aliphatic rings. The van der Waals surface area contributed by atoms with Crippen molar-refractivity contribution < 1.29 is 54.9 Å². The van der Waals surface area contributed by atoms with Crippen molar-refractivity contribution in [2.45, 2.75) is 31.3 Å². The van der Waals surface area contributed by atoms with Crippen LogP contribution in [0.25, 0.3) is 23.3 Å². The quantitative estimate of drug-likeness (QED) is 0.271. The maximum Gasteiger partial charge on any atom is -1.00 e. The van der Waals surface area contributed by atoms with Gasteiger partial charge in [0.25, 0.3) is 0 Å². The van der Waals surface area contributed by atoms with Crippen molar-refractivity contribution in [3.63, 3.8) is 0 Å². The smallest absolute Gasteiger partial charge is 1.00 e.